The van der Waals surface area contributed by atoms with Gasteiger partial charge in [0.05, 0.1) is 17.9 Å². The van der Waals surface area contributed by atoms with E-state index in [9.17, 15) is 19.5 Å². The molecule has 32 heavy (non-hydrogen) atoms. The number of hydrogen-bond donors (Lipinski definition) is 3. The highest BCUT2D eigenvalue weighted by Crippen LogP contribution is 2.58. The van der Waals surface area contributed by atoms with E-state index in [1.807, 2.05) is 39.0 Å². The molecule has 0 saturated carbocycles. The first-order chi connectivity index (χ1) is 15.4. The number of amides is 3. The van der Waals surface area contributed by atoms with Gasteiger partial charge in [0, 0.05) is 25.4 Å². The number of rotatable bonds is 8. The first-order valence-corrected chi connectivity index (χ1v) is 11.6. The van der Waals surface area contributed by atoms with Crippen LogP contribution in [0.5, 0.6) is 0 Å². The molecule has 3 saturated heterocycles. The smallest absolute Gasteiger partial charge is 0.250 e. The van der Waals surface area contributed by atoms with E-state index in [4.69, 9.17) is 4.74 Å². The Morgan fingerprint density at radius 3 is 2.62 bits per heavy atom. The van der Waals surface area contributed by atoms with Gasteiger partial charge in [0.25, 0.3) is 0 Å². The molecular formula is C24H33N3O5. The molecule has 3 N–H and O–H groups in total. The van der Waals surface area contributed by atoms with Crippen molar-refractivity contribution in [2.45, 2.75) is 64.2 Å². The Morgan fingerprint density at radius 2 is 1.97 bits per heavy atom. The summed E-state index contributed by atoms with van der Waals surface area (Å²) >= 11 is 0. The fraction of sp³-hybridized carbons (Fsp3) is 0.625. The van der Waals surface area contributed by atoms with Crippen LogP contribution in [0.3, 0.4) is 0 Å². The largest absolute Gasteiger partial charge is 0.396 e. The summed E-state index contributed by atoms with van der Waals surface area (Å²) in [5.74, 6) is -1.96. The minimum Gasteiger partial charge on any atom is -0.396 e. The number of nitrogens with one attached hydrogen (secondary N) is 2. The maximum Gasteiger partial charge on any atom is 0.250 e. The van der Waals surface area contributed by atoms with E-state index >= 15 is 0 Å². The number of ether oxygens (including phenoxy) is 1. The summed E-state index contributed by atoms with van der Waals surface area (Å²) < 4.78 is 6.36. The molecular weight excluding hydrogens is 410 g/mol. The van der Waals surface area contributed by atoms with Crippen molar-refractivity contribution in [1.29, 1.82) is 0 Å². The molecule has 5 atom stereocenters. The summed E-state index contributed by atoms with van der Waals surface area (Å²) in [6.07, 6.45) is 2.02. The quantitative estimate of drug-likeness (QED) is 0.565. The minimum absolute atomic E-state index is 0.0867. The molecule has 2 unspecified atom stereocenters. The van der Waals surface area contributed by atoms with E-state index in [2.05, 4.69) is 10.6 Å². The molecule has 0 aliphatic carbocycles. The van der Waals surface area contributed by atoms with Gasteiger partial charge in [0.2, 0.25) is 17.7 Å². The normalized spacial score (nSPS) is 30.5. The van der Waals surface area contributed by atoms with E-state index < -0.39 is 23.5 Å². The van der Waals surface area contributed by atoms with Gasteiger partial charge >= 0.3 is 0 Å². The summed E-state index contributed by atoms with van der Waals surface area (Å²) in [5, 5.41) is 15.3. The summed E-state index contributed by atoms with van der Waals surface area (Å²) in [6.45, 7) is 6.54. The molecule has 1 aromatic carbocycles. The van der Waals surface area contributed by atoms with Gasteiger partial charge in [-0.2, -0.15) is 0 Å². The summed E-state index contributed by atoms with van der Waals surface area (Å²) in [5.41, 5.74) is 1.60. The number of fused-ring (bicyclic) bond motifs is 1. The van der Waals surface area contributed by atoms with E-state index in [0.29, 0.717) is 25.8 Å². The molecule has 8 heteroatoms. The molecule has 0 radical (unpaired) electrons. The highest BCUT2D eigenvalue weighted by atomic mass is 16.5. The zero-order chi connectivity index (χ0) is 23.0. The predicted octanol–water partition coefficient (Wildman–Crippen LogP) is 1.53. The molecule has 3 amide bonds. The van der Waals surface area contributed by atoms with E-state index in [-0.39, 0.29) is 37.0 Å². The van der Waals surface area contributed by atoms with Crippen LogP contribution in [0.25, 0.3) is 0 Å². The Balaban J connectivity index is 1.68. The third kappa shape index (κ3) is 3.49. The third-order valence-electron chi connectivity index (χ3n) is 7.19. The number of nitrogens with zero attached hydrogens (tertiary/aromatic N) is 1. The Morgan fingerprint density at radius 1 is 1.25 bits per heavy atom. The number of aryl methyl sites for hydroxylation is 2. The average molecular weight is 444 g/mol. The van der Waals surface area contributed by atoms with E-state index in [1.165, 1.54) is 4.90 Å². The second kappa shape index (κ2) is 8.83. The second-order valence-electron chi connectivity index (χ2n) is 9.21. The van der Waals surface area contributed by atoms with Crippen LogP contribution < -0.4 is 10.6 Å². The number of benzene rings is 1. The van der Waals surface area contributed by atoms with Crippen molar-refractivity contribution in [3.8, 4) is 0 Å². The van der Waals surface area contributed by atoms with Gasteiger partial charge < -0.3 is 25.4 Å². The summed E-state index contributed by atoms with van der Waals surface area (Å²) in [4.78, 5) is 41.7. The van der Waals surface area contributed by atoms with Crippen molar-refractivity contribution in [3.05, 3.63) is 29.3 Å². The Bertz CT molecular complexity index is 899. The minimum atomic E-state index is -1.01. The van der Waals surface area contributed by atoms with Crippen molar-refractivity contribution < 1.29 is 24.2 Å². The Labute approximate surface area is 188 Å². The number of anilines is 1. The molecule has 4 rings (SSSR count). The van der Waals surface area contributed by atoms with Crippen LogP contribution in [0.4, 0.5) is 5.69 Å². The van der Waals surface area contributed by atoms with Crippen LogP contribution in [0.15, 0.2) is 18.2 Å². The van der Waals surface area contributed by atoms with Gasteiger partial charge in [-0.1, -0.05) is 25.1 Å². The van der Waals surface area contributed by atoms with Gasteiger partial charge in [0.15, 0.2) is 0 Å². The second-order valence-corrected chi connectivity index (χ2v) is 9.21. The Kier molecular flexibility index (Phi) is 6.27. The lowest BCUT2D eigenvalue weighted by atomic mass is 9.70. The first-order valence-electron chi connectivity index (χ1n) is 11.6. The van der Waals surface area contributed by atoms with Crippen molar-refractivity contribution in [2.24, 2.45) is 11.8 Å². The van der Waals surface area contributed by atoms with Gasteiger partial charge in [-0.25, -0.2) is 0 Å². The number of carbonyl (C=O) groups excluding carboxylic acids is 3. The number of likely N-dealkylation sites (tertiary alicyclic amines) is 1. The molecule has 2 bridgehead atoms. The molecule has 8 nitrogen and oxygen atoms in total. The number of carbonyl (C=O) groups is 3. The zero-order valence-corrected chi connectivity index (χ0v) is 19.0. The van der Waals surface area contributed by atoms with Crippen LogP contribution in [0, 0.1) is 25.7 Å². The van der Waals surface area contributed by atoms with E-state index in [1.54, 1.807) is 0 Å². The van der Waals surface area contributed by atoms with Crippen molar-refractivity contribution in [3.63, 3.8) is 0 Å². The Hall–Kier alpha value is -2.45. The molecule has 3 fully saturated rings. The van der Waals surface area contributed by atoms with Crippen LogP contribution in [-0.2, 0) is 19.1 Å². The summed E-state index contributed by atoms with van der Waals surface area (Å²) in [6, 6.07) is 4.96. The number of para-hydroxylation sites is 1. The van der Waals surface area contributed by atoms with Crippen molar-refractivity contribution >= 4 is 23.4 Å². The molecule has 3 aliphatic heterocycles. The zero-order valence-electron chi connectivity index (χ0n) is 19.0. The molecule has 0 aromatic heterocycles. The number of aliphatic hydroxyl groups excluding tert-OH is 1. The van der Waals surface area contributed by atoms with Crippen LogP contribution in [0.1, 0.15) is 43.7 Å². The molecule has 1 aromatic rings. The van der Waals surface area contributed by atoms with Gasteiger partial charge in [-0.15, -0.1) is 0 Å². The van der Waals surface area contributed by atoms with E-state index in [0.717, 1.165) is 23.2 Å². The lowest BCUT2D eigenvalue weighted by molar-refractivity contribution is -0.141. The maximum absolute atomic E-state index is 13.7. The fourth-order valence-corrected chi connectivity index (χ4v) is 5.80. The average Bonchev–Trinajstić information content (AvgIpc) is 3.40. The highest BCUT2D eigenvalue weighted by Gasteiger charge is 2.74. The maximum atomic E-state index is 13.7. The van der Waals surface area contributed by atoms with Crippen molar-refractivity contribution in [1.82, 2.24) is 10.2 Å². The van der Waals surface area contributed by atoms with Gasteiger partial charge in [-0.3, -0.25) is 14.4 Å². The van der Waals surface area contributed by atoms with Crippen LogP contribution in [0.2, 0.25) is 0 Å². The van der Waals surface area contributed by atoms with Crippen molar-refractivity contribution in [2.75, 3.05) is 25.0 Å². The highest BCUT2D eigenvalue weighted by molar-refractivity contribution is 6.04. The SMILES string of the molecule is CCCNC(=O)[C@@H]1[C@H]2C(=O)N(CCCO)C(C(=O)Nc3c(C)cccc3C)C23CC[C@H]1O3. The first kappa shape index (κ1) is 22.7. The van der Waals surface area contributed by atoms with Crippen LogP contribution >= 0.6 is 0 Å². The van der Waals surface area contributed by atoms with Gasteiger partial charge in [-0.05, 0) is 50.7 Å². The topological polar surface area (TPSA) is 108 Å². The fourth-order valence-electron chi connectivity index (χ4n) is 5.80. The molecule has 1 spiro atoms. The number of hydrogen-bond acceptors (Lipinski definition) is 5. The molecule has 3 aliphatic rings. The van der Waals surface area contributed by atoms with Gasteiger partial charge in [0.1, 0.15) is 11.6 Å². The summed E-state index contributed by atoms with van der Waals surface area (Å²) in [7, 11) is 0. The van der Waals surface area contributed by atoms with Crippen LogP contribution in [-0.4, -0.2) is 65.2 Å². The molecule has 174 valence electrons. The monoisotopic (exact) mass is 443 g/mol. The number of aliphatic hydroxyl groups is 1. The standard InChI is InChI=1S/C24H33N3O5/c1-4-11-25-21(29)17-16-9-10-24(32-16)18(17)23(31)27(12-6-13-28)20(24)22(30)26-19-14(2)7-5-8-15(19)3/h5,7-8,16-18,20,28H,4,6,9-13H2,1-3H3,(H,25,29)(H,26,30)/t16-,17+,18+,20?,24?/m1/s1. The predicted molar refractivity (Wildman–Crippen MR) is 119 cm³/mol. The molecule has 3 heterocycles. The lowest BCUT2D eigenvalue weighted by Gasteiger charge is -2.33. The lowest BCUT2D eigenvalue weighted by Crippen LogP contribution is -2.53. The third-order valence-corrected chi connectivity index (χ3v) is 7.19.